The summed E-state index contributed by atoms with van der Waals surface area (Å²) in [6.45, 7) is 3.43. The minimum Gasteiger partial charge on any atom is -0.426 e. The predicted molar refractivity (Wildman–Crippen MR) is 66.2 cm³/mol. The van der Waals surface area contributed by atoms with Crippen molar-refractivity contribution in [2.45, 2.75) is 31.8 Å². The zero-order valence-electron chi connectivity index (χ0n) is 10.4. The first kappa shape index (κ1) is 12.7. The van der Waals surface area contributed by atoms with Gasteiger partial charge in [0.05, 0.1) is 12.5 Å². The van der Waals surface area contributed by atoms with Gasteiger partial charge in [0.25, 0.3) is 0 Å². The van der Waals surface area contributed by atoms with Gasteiger partial charge in [-0.2, -0.15) is 0 Å². The number of Topliss-reactive ketones (excluding diaryl/α,β-unsaturated/α-hetero) is 1. The Balaban J connectivity index is 2.44. The lowest BCUT2D eigenvalue weighted by Gasteiger charge is -2.29. The Morgan fingerprint density at radius 2 is 2.22 bits per heavy atom. The number of ketones is 1. The van der Waals surface area contributed by atoms with E-state index >= 15 is 0 Å². The molecule has 0 aromatic heterocycles. The summed E-state index contributed by atoms with van der Waals surface area (Å²) in [7, 11) is 0. The smallest absolute Gasteiger partial charge is 0.315 e. The molecule has 1 aliphatic carbocycles. The first-order valence-corrected chi connectivity index (χ1v) is 5.75. The lowest BCUT2D eigenvalue weighted by Crippen LogP contribution is -2.52. The highest BCUT2D eigenvalue weighted by Gasteiger charge is 2.36. The van der Waals surface area contributed by atoms with Crippen LogP contribution >= 0.6 is 0 Å². The Bertz CT molecular complexity index is 514. The molecule has 0 saturated carbocycles. The molecule has 1 heterocycles. The molecule has 0 spiro atoms. The van der Waals surface area contributed by atoms with Crippen LogP contribution in [0.2, 0.25) is 0 Å². The van der Waals surface area contributed by atoms with E-state index in [1.165, 1.54) is 6.08 Å². The van der Waals surface area contributed by atoms with Gasteiger partial charge in [-0.25, -0.2) is 0 Å². The van der Waals surface area contributed by atoms with Gasteiger partial charge in [0.1, 0.15) is 11.3 Å². The maximum Gasteiger partial charge on any atom is 0.315 e. The van der Waals surface area contributed by atoms with Crippen LogP contribution in [0.1, 0.15) is 20.3 Å². The van der Waals surface area contributed by atoms with Crippen LogP contribution < -0.4 is 11.5 Å². The van der Waals surface area contributed by atoms with Crippen molar-refractivity contribution in [3.8, 4) is 0 Å². The minimum absolute atomic E-state index is 0.260. The number of fused-ring (bicyclic) bond motifs is 1. The summed E-state index contributed by atoms with van der Waals surface area (Å²) in [6.07, 6.45) is 5.04. The molecule has 0 fully saturated rings. The summed E-state index contributed by atoms with van der Waals surface area (Å²) in [6, 6.07) is -0.678. The fourth-order valence-corrected chi connectivity index (χ4v) is 2.10. The summed E-state index contributed by atoms with van der Waals surface area (Å²) in [4.78, 5) is 23.3. The van der Waals surface area contributed by atoms with E-state index in [1.54, 1.807) is 19.1 Å². The second-order valence-corrected chi connectivity index (χ2v) is 4.77. The number of nitrogens with two attached hydrogens (primary N) is 2. The van der Waals surface area contributed by atoms with Crippen molar-refractivity contribution in [2.24, 2.45) is 11.5 Å². The number of allylic oxidation sites excluding steroid dienone is 1. The van der Waals surface area contributed by atoms with Gasteiger partial charge in [-0.05, 0) is 19.9 Å². The number of ether oxygens (including phenoxy) is 1. The lowest BCUT2D eigenvalue weighted by atomic mass is 9.83. The summed E-state index contributed by atoms with van der Waals surface area (Å²) in [5, 5.41) is 0. The van der Waals surface area contributed by atoms with Crippen LogP contribution in [0.3, 0.4) is 0 Å². The van der Waals surface area contributed by atoms with E-state index in [1.807, 2.05) is 6.92 Å². The number of hydrogen-bond acceptors (Lipinski definition) is 5. The Hall–Kier alpha value is -1.72. The zero-order chi connectivity index (χ0) is 13.5. The third-order valence-corrected chi connectivity index (χ3v) is 3.09. The number of carbonyl (C=O) groups is 2. The highest BCUT2D eigenvalue weighted by Crippen LogP contribution is 2.32. The highest BCUT2D eigenvalue weighted by atomic mass is 16.5. The predicted octanol–water partition coefficient (Wildman–Crippen LogP) is 0.317. The maximum absolute atomic E-state index is 12.0. The lowest BCUT2D eigenvalue weighted by molar-refractivity contribution is -0.139. The molecule has 5 nitrogen and oxygen atoms in total. The normalized spacial score (nSPS) is 28.4. The largest absolute Gasteiger partial charge is 0.426 e. The van der Waals surface area contributed by atoms with Crippen molar-refractivity contribution >= 4 is 11.8 Å². The van der Waals surface area contributed by atoms with Crippen LogP contribution in [0, 0.1) is 0 Å². The molecule has 96 valence electrons. The van der Waals surface area contributed by atoms with Gasteiger partial charge in [0.15, 0.2) is 5.78 Å². The van der Waals surface area contributed by atoms with Crippen LogP contribution in [-0.4, -0.2) is 23.3 Å². The third-order valence-electron chi connectivity index (χ3n) is 3.09. The standard InChI is InChI=1S/C13H16N2O3/c1-7-5-11(16)18-10-6-13(15,4-3-9(7)10)12(17)8(2)14/h3-4,6,8H,5,14-15H2,1-2H3/t8-,13?/m0/s1. The van der Waals surface area contributed by atoms with Crippen molar-refractivity contribution in [1.82, 2.24) is 0 Å². The average Bonchev–Trinajstić information content (AvgIpc) is 2.26. The summed E-state index contributed by atoms with van der Waals surface area (Å²) in [5.74, 6) is -0.305. The molecule has 1 aliphatic heterocycles. The molecule has 18 heavy (non-hydrogen) atoms. The number of rotatable bonds is 2. The minimum atomic E-state index is -1.30. The van der Waals surface area contributed by atoms with Crippen molar-refractivity contribution in [1.29, 1.82) is 0 Å². The Morgan fingerprint density at radius 3 is 2.83 bits per heavy atom. The summed E-state index contributed by atoms with van der Waals surface area (Å²) < 4.78 is 5.13. The molecule has 2 rings (SSSR count). The van der Waals surface area contributed by atoms with E-state index in [2.05, 4.69) is 0 Å². The number of esters is 1. The van der Waals surface area contributed by atoms with Crippen LogP contribution in [0.15, 0.2) is 35.1 Å². The molecule has 4 N–H and O–H groups in total. The molecular weight excluding hydrogens is 232 g/mol. The number of carbonyl (C=O) groups excluding carboxylic acids is 2. The fraction of sp³-hybridized carbons (Fsp3) is 0.385. The summed E-state index contributed by atoms with van der Waals surface area (Å²) in [5.41, 5.74) is 12.0. The molecule has 0 aromatic carbocycles. The third kappa shape index (κ3) is 2.02. The summed E-state index contributed by atoms with van der Waals surface area (Å²) >= 11 is 0. The maximum atomic E-state index is 12.0. The van der Waals surface area contributed by atoms with Crippen LogP contribution in [-0.2, 0) is 14.3 Å². The van der Waals surface area contributed by atoms with Crippen LogP contribution in [0.4, 0.5) is 0 Å². The van der Waals surface area contributed by atoms with E-state index in [0.717, 1.165) is 11.1 Å². The fourth-order valence-electron chi connectivity index (χ4n) is 2.10. The van der Waals surface area contributed by atoms with Gasteiger partial charge in [0, 0.05) is 5.57 Å². The molecule has 0 amide bonds. The number of hydrogen-bond donors (Lipinski definition) is 2. The van der Waals surface area contributed by atoms with E-state index in [9.17, 15) is 9.59 Å². The quantitative estimate of drug-likeness (QED) is 0.686. The molecule has 0 saturated heterocycles. The van der Waals surface area contributed by atoms with Gasteiger partial charge < -0.3 is 16.2 Å². The van der Waals surface area contributed by atoms with Gasteiger partial charge in [-0.3, -0.25) is 9.59 Å². The van der Waals surface area contributed by atoms with Gasteiger partial charge in [-0.15, -0.1) is 0 Å². The van der Waals surface area contributed by atoms with Crippen molar-refractivity contribution in [3.05, 3.63) is 35.1 Å². The Kier molecular flexibility index (Phi) is 2.96. The van der Waals surface area contributed by atoms with E-state index in [4.69, 9.17) is 16.2 Å². The molecule has 0 bridgehead atoms. The SMILES string of the molecule is CC1=C2C=CC(N)(C(=O)[C@H](C)N)C=C2OC(=O)C1. The first-order chi connectivity index (χ1) is 8.33. The van der Waals surface area contributed by atoms with Crippen LogP contribution in [0.5, 0.6) is 0 Å². The first-order valence-electron chi connectivity index (χ1n) is 5.75. The van der Waals surface area contributed by atoms with Crippen molar-refractivity contribution in [3.63, 3.8) is 0 Å². The Labute approximate surface area is 105 Å². The van der Waals surface area contributed by atoms with Crippen molar-refractivity contribution in [2.75, 3.05) is 0 Å². The molecule has 1 unspecified atom stereocenters. The van der Waals surface area contributed by atoms with Gasteiger partial charge >= 0.3 is 5.97 Å². The zero-order valence-corrected chi connectivity index (χ0v) is 10.4. The highest BCUT2D eigenvalue weighted by molar-refractivity contribution is 5.97. The average molecular weight is 248 g/mol. The van der Waals surface area contributed by atoms with E-state index < -0.39 is 11.6 Å². The molecular formula is C13H16N2O3. The second-order valence-electron chi connectivity index (χ2n) is 4.77. The second kappa shape index (κ2) is 4.19. The monoisotopic (exact) mass is 248 g/mol. The topological polar surface area (TPSA) is 95.4 Å². The van der Waals surface area contributed by atoms with Crippen molar-refractivity contribution < 1.29 is 14.3 Å². The molecule has 2 atom stereocenters. The van der Waals surface area contributed by atoms with E-state index in [-0.39, 0.29) is 18.2 Å². The van der Waals surface area contributed by atoms with Gasteiger partial charge in [-0.1, -0.05) is 17.7 Å². The molecule has 5 heteroatoms. The molecule has 0 radical (unpaired) electrons. The van der Waals surface area contributed by atoms with Crippen LogP contribution in [0.25, 0.3) is 0 Å². The van der Waals surface area contributed by atoms with Gasteiger partial charge in [0.2, 0.25) is 0 Å². The molecule has 0 aromatic rings. The molecule has 2 aliphatic rings. The van der Waals surface area contributed by atoms with E-state index in [0.29, 0.717) is 5.76 Å². The Morgan fingerprint density at radius 1 is 1.56 bits per heavy atom.